The van der Waals surface area contributed by atoms with Gasteiger partial charge in [-0.25, -0.2) is 8.42 Å². The van der Waals surface area contributed by atoms with Crippen LogP contribution in [0.15, 0.2) is 48.5 Å². The molecule has 0 fully saturated rings. The van der Waals surface area contributed by atoms with Crippen LogP contribution in [-0.4, -0.2) is 57.1 Å². The van der Waals surface area contributed by atoms with Gasteiger partial charge in [-0.3, -0.25) is 13.9 Å². The van der Waals surface area contributed by atoms with E-state index in [1.807, 2.05) is 58.9 Å². The molecule has 204 valence electrons. The van der Waals surface area contributed by atoms with E-state index in [1.54, 1.807) is 31.4 Å². The lowest BCUT2D eigenvalue weighted by molar-refractivity contribution is -0.140. The third kappa shape index (κ3) is 8.21. The SMILES string of the molecule is CC[C@@H](C)NC(=O)[C@@H](CC)N(Cc1ccc(OC)cc1)C(=O)CN(c1ccccc1C(C)C)S(C)(=O)=O. The lowest BCUT2D eigenvalue weighted by Crippen LogP contribution is -2.53. The van der Waals surface area contributed by atoms with Crippen LogP contribution in [0.3, 0.4) is 0 Å². The molecule has 2 aromatic rings. The second-order valence-electron chi connectivity index (χ2n) is 9.59. The normalized spacial score (nSPS) is 13.1. The van der Waals surface area contributed by atoms with Crippen molar-refractivity contribution >= 4 is 27.5 Å². The van der Waals surface area contributed by atoms with Gasteiger partial charge in [0.2, 0.25) is 21.8 Å². The fourth-order valence-corrected chi connectivity index (χ4v) is 4.95. The minimum atomic E-state index is -3.79. The molecule has 2 rings (SSSR count). The number of ether oxygens (including phenoxy) is 1. The van der Waals surface area contributed by atoms with E-state index in [2.05, 4.69) is 5.32 Å². The number of anilines is 1. The summed E-state index contributed by atoms with van der Waals surface area (Å²) in [6.45, 7) is 9.42. The molecule has 0 aliphatic rings. The molecule has 0 saturated carbocycles. The molecule has 0 unspecified atom stereocenters. The Kier molecular flexibility index (Phi) is 11.0. The molecule has 0 spiro atoms. The lowest BCUT2D eigenvalue weighted by atomic mass is 10.0. The molecule has 0 saturated heterocycles. The highest BCUT2D eigenvalue weighted by Crippen LogP contribution is 2.29. The van der Waals surface area contributed by atoms with E-state index >= 15 is 0 Å². The summed E-state index contributed by atoms with van der Waals surface area (Å²) in [5.41, 5.74) is 2.09. The van der Waals surface area contributed by atoms with Crippen molar-refractivity contribution in [2.75, 3.05) is 24.2 Å². The summed E-state index contributed by atoms with van der Waals surface area (Å²) in [6, 6.07) is 13.6. The molecule has 0 aromatic heterocycles. The molecule has 37 heavy (non-hydrogen) atoms. The van der Waals surface area contributed by atoms with Gasteiger partial charge in [-0.1, -0.05) is 58.0 Å². The Hall–Kier alpha value is -3.07. The first-order chi connectivity index (χ1) is 17.4. The summed E-state index contributed by atoms with van der Waals surface area (Å²) >= 11 is 0. The zero-order chi connectivity index (χ0) is 27.8. The van der Waals surface area contributed by atoms with E-state index in [1.165, 1.54) is 4.90 Å². The van der Waals surface area contributed by atoms with Gasteiger partial charge in [0.1, 0.15) is 18.3 Å². The number of sulfonamides is 1. The number of hydrogen-bond donors (Lipinski definition) is 1. The van der Waals surface area contributed by atoms with Crippen molar-refractivity contribution in [1.29, 1.82) is 0 Å². The van der Waals surface area contributed by atoms with Gasteiger partial charge in [-0.05, 0) is 55.0 Å². The molecule has 0 bridgehead atoms. The van der Waals surface area contributed by atoms with E-state index < -0.39 is 28.5 Å². The fraction of sp³-hybridized carbons (Fsp3) is 0.500. The topological polar surface area (TPSA) is 96.0 Å². The molecule has 2 atom stereocenters. The van der Waals surface area contributed by atoms with Crippen molar-refractivity contribution < 1.29 is 22.7 Å². The van der Waals surface area contributed by atoms with Crippen LogP contribution in [0.5, 0.6) is 5.75 Å². The molecule has 2 amide bonds. The van der Waals surface area contributed by atoms with E-state index in [-0.39, 0.29) is 24.4 Å². The monoisotopic (exact) mass is 531 g/mol. The van der Waals surface area contributed by atoms with Gasteiger partial charge >= 0.3 is 0 Å². The Bertz CT molecular complexity index is 1150. The van der Waals surface area contributed by atoms with Gasteiger partial charge in [-0.2, -0.15) is 0 Å². The minimum absolute atomic E-state index is 0.0510. The van der Waals surface area contributed by atoms with Crippen LogP contribution in [-0.2, 0) is 26.2 Å². The van der Waals surface area contributed by atoms with Crippen molar-refractivity contribution in [2.24, 2.45) is 0 Å². The second kappa shape index (κ2) is 13.5. The standard InChI is InChI=1S/C28H41N3O5S/c1-8-21(5)29-28(33)25(9-2)30(18-22-14-16-23(36-6)17-15-22)27(32)19-31(37(7,34)35)26-13-11-10-12-24(26)20(3)4/h10-17,20-21,25H,8-9,18-19H2,1-7H3,(H,29,33)/t21-,25-/m1/s1. The van der Waals surface area contributed by atoms with Gasteiger partial charge in [0.05, 0.1) is 19.1 Å². The molecular weight excluding hydrogens is 490 g/mol. The number of methoxy groups -OCH3 is 1. The average molecular weight is 532 g/mol. The number of benzene rings is 2. The summed E-state index contributed by atoms with van der Waals surface area (Å²) in [4.78, 5) is 28.6. The Morgan fingerprint density at radius 1 is 0.973 bits per heavy atom. The first-order valence-electron chi connectivity index (χ1n) is 12.7. The van der Waals surface area contributed by atoms with Crippen LogP contribution < -0.4 is 14.4 Å². The number of amides is 2. The van der Waals surface area contributed by atoms with Gasteiger partial charge < -0.3 is 15.0 Å². The Labute approximate surface area is 222 Å². The minimum Gasteiger partial charge on any atom is -0.497 e. The van der Waals surface area contributed by atoms with E-state index in [4.69, 9.17) is 4.74 Å². The molecule has 0 aliphatic carbocycles. The van der Waals surface area contributed by atoms with Crippen LogP contribution in [0.2, 0.25) is 0 Å². The van der Waals surface area contributed by atoms with Gasteiger partial charge in [0, 0.05) is 12.6 Å². The van der Waals surface area contributed by atoms with Crippen LogP contribution >= 0.6 is 0 Å². The predicted octanol–water partition coefficient (Wildman–Crippen LogP) is 4.31. The number of carbonyl (C=O) groups is 2. The maximum Gasteiger partial charge on any atom is 0.244 e. The molecule has 1 N–H and O–H groups in total. The molecule has 0 heterocycles. The molecular formula is C28H41N3O5S. The molecule has 0 radical (unpaired) electrons. The van der Waals surface area contributed by atoms with Crippen molar-refractivity contribution in [2.45, 2.75) is 72.0 Å². The summed E-state index contributed by atoms with van der Waals surface area (Å²) in [6.07, 6.45) is 2.23. The first-order valence-corrected chi connectivity index (χ1v) is 14.6. The summed E-state index contributed by atoms with van der Waals surface area (Å²) in [7, 11) is -2.22. The highest BCUT2D eigenvalue weighted by atomic mass is 32.2. The van der Waals surface area contributed by atoms with E-state index in [9.17, 15) is 18.0 Å². The number of nitrogens with zero attached hydrogens (tertiary/aromatic N) is 2. The van der Waals surface area contributed by atoms with Gasteiger partial charge in [-0.15, -0.1) is 0 Å². The van der Waals surface area contributed by atoms with E-state index in [0.29, 0.717) is 17.9 Å². The predicted molar refractivity (Wildman–Crippen MR) is 148 cm³/mol. The Morgan fingerprint density at radius 3 is 2.11 bits per heavy atom. The average Bonchev–Trinajstić information content (AvgIpc) is 2.86. The number of hydrogen-bond acceptors (Lipinski definition) is 5. The van der Waals surface area contributed by atoms with Crippen molar-refractivity contribution in [3.63, 3.8) is 0 Å². The number of rotatable bonds is 13. The zero-order valence-electron chi connectivity index (χ0n) is 23.0. The largest absolute Gasteiger partial charge is 0.497 e. The van der Waals surface area contributed by atoms with Crippen LogP contribution in [0.25, 0.3) is 0 Å². The summed E-state index contributed by atoms with van der Waals surface area (Å²) in [5, 5.41) is 2.97. The van der Waals surface area contributed by atoms with Crippen molar-refractivity contribution in [3.8, 4) is 5.75 Å². The molecule has 0 aliphatic heterocycles. The zero-order valence-corrected chi connectivity index (χ0v) is 23.8. The smallest absolute Gasteiger partial charge is 0.244 e. The molecule has 9 heteroatoms. The van der Waals surface area contributed by atoms with E-state index in [0.717, 1.165) is 28.1 Å². The lowest BCUT2D eigenvalue weighted by Gasteiger charge is -2.34. The number of nitrogens with one attached hydrogen (secondary N) is 1. The first kappa shape index (κ1) is 30.2. The van der Waals surface area contributed by atoms with Gasteiger partial charge in [0.15, 0.2) is 0 Å². The van der Waals surface area contributed by atoms with Gasteiger partial charge in [0.25, 0.3) is 0 Å². The third-order valence-electron chi connectivity index (χ3n) is 6.41. The van der Waals surface area contributed by atoms with Crippen LogP contribution in [0.1, 0.15) is 64.5 Å². The van der Waals surface area contributed by atoms with Crippen LogP contribution in [0.4, 0.5) is 5.69 Å². The summed E-state index contributed by atoms with van der Waals surface area (Å²) in [5.74, 6) is 0.0190. The van der Waals surface area contributed by atoms with Crippen LogP contribution in [0, 0.1) is 0 Å². The fourth-order valence-electron chi connectivity index (χ4n) is 4.09. The quantitative estimate of drug-likeness (QED) is 0.416. The van der Waals surface area contributed by atoms with Crippen molar-refractivity contribution in [3.05, 3.63) is 59.7 Å². The second-order valence-corrected chi connectivity index (χ2v) is 11.5. The molecule has 8 nitrogen and oxygen atoms in total. The summed E-state index contributed by atoms with van der Waals surface area (Å²) < 4.78 is 32.2. The van der Waals surface area contributed by atoms with Crippen molar-refractivity contribution in [1.82, 2.24) is 10.2 Å². The maximum atomic E-state index is 13.9. The molecule has 2 aromatic carbocycles. The maximum absolute atomic E-state index is 13.9. The highest BCUT2D eigenvalue weighted by molar-refractivity contribution is 7.92. The number of carbonyl (C=O) groups excluding carboxylic acids is 2. The Balaban J connectivity index is 2.50. The third-order valence-corrected chi connectivity index (χ3v) is 7.53. The Morgan fingerprint density at radius 2 is 1.59 bits per heavy atom. The number of para-hydroxylation sites is 1. The highest BCUT2D eigenvalue weighted by Gasteiger charge is 2.32.